The van der Waals surface area contributed by atoms with E-state index in [9.17, 15) is 13.2 Å². The first-order chi connectivity index (χ1) is 8.92. The highest BCUT2D eigenvalue weighted by Gasteiger charge is 2.32. The van der Waals surface area contributed by atoms with E-state index in [-0.39, 0.29) is 0 Å². The smallest absolute Gasteiger partial charge is 0.295 e. The van der Waals surface area contributed by atoms with Gasteiger partial charge in [-0.25, -0.2) is 0 Å². The van der Waals surface area contributed by atoms with Gasteiger partial charge in [0.2, 0.25) is 0 Å². The summed E-state index contributed by atoms with van der Waals surface area (Å²) < 4.78 is 36.7. The zero-order valence-corrected chi connectivity index (χ0v) is 11.0. The lowest BCUT2D eigenvalue weighted by Crippen LogP contribution is -2.48. The second-order valence-corrected chi connectivity index (χ2v) is 4.90. The third-order valence-electron chi connectivity index (χ3n) is 2.94. The summed E-state index contributed by atoms with van der Waals surface area (Å²) >= 11 is 5.63. The lowest BCUT2D eigenvalue weighted by atomic mass is 10.3. The van der Waals surface area contributed by atoms with Gasteiger partial charge in [0.15, 0.2) is 5.15 Å². The van der Waals surface area contributed by atoms with E-state index in [4.69, 9.17) is 11.6 Å². The molecule has 0 radical (unpaired) electrons. The van der Waals surface area contributed by atoms with Crippen molar-refractivity contribution in [2.45, 2.75) is 12.7 Å². The van der Waals surface area contributed by atoms with Crippen LogP contribution in [0.5, 0.6) is 0 Å². The largest absolute Gasteiger partial charge is 0.401 e. The summed E-state index contributed by atoms with van der Waals surface area (Å²) in [5, 5.41) is 8.00. The maximum atomic E-state index is 12.2. The Morgan fingerprint density at radius 3 is 2.21 bits per heavy atom. The van der Waals surface area contributed by atoms with Crippen LogP contribution >= 0.6 is 11.6 Å². The Morgan fingerprint density at radius 1 is 1.05 bits per heavy atom. The van der Waals surface area contributed by atoms with Crippen molar-refractivity contribution in [3.05, 3.63) is 23.0 Å². The molecule has 2 rings (SSSR count). The third kappa shape index (κ3) is 4.93. The van der Waals surface area contributed by atoms with E-state index >= 15 is 0 Å². The van der Waals surface area contributed by atoms with Crippen LogP contribution in [0.3, 0.4) is 0 Å². The van der Waals surface area contributed by atoms with Gasteiger partial charge < -0.3 is 0 Å². The van der Waals surface area contributed by atoms with E-state index in [1.807, 2.05) is 0 Å². The monoisotopic (exact) mass is 294 g/mol. The van der Waals surface area contributed by atoms with E-state index in [2.05, 4.69) is 15.1 Å². The van der Waals surface area contributed by atoms with Crippen LogP contribution in [0, 0.1) is 0 Å². The first kappa shape index (κ1) is 14.5. The molecule has 0 aromatic carbocycles. The van der Waals surface area contributed by atoms with Crippen LogP contribution in [0.1, 0.15) is 5.69 Å². The lowest BCUT2D eigenvalue weighted by Gasteiger charge is -2.34. The number of aromatic nitrogens is 2. The molecular weight excluding hydrogens is 281 g/mol. The van der Waals surface area contributed by atoms with Crippen LogP contribution in [0.25, 0.3) is 0 Å². The fourth-order valence-corrected chi connectivity index (χ4v) is 2.12. The van der Waals surface area contributed by atoms with Gasteiger partial charge in [-0.3, -0.25) is 9.80 Å². The molecule has 19 heavy (non-hydrogen) atoms. The Morgan fingerprint density at radius 2 is 1.68 bits per heavy atom. The molecule has 0 bridgehead atoms. The Bertz CT molecular complexity index is 401. The molecule has 0 amide bonds. The molecule has 0 N–H and O–H groups in total. The maximum Gasteiger partial charge on any atom is 0.401 e. The molecule has 1 aliphatic rings. The Kier molecular flexibility index (Phi) is 4.59. The summed E-state index contributed by atoms with van der Waals surface area (Å²) in [4.78, 5) is 3.48. The first-order valence-corrected chi connectivity index (χ1v) is 6.30. The highest BCUT2D eigenvalue weighted by Crippen LogP contribution is 2.17. The Hall–Kier alpha value is -0.920. The molecule has 106 valence electrons. The average Bonchev–Trinajstić information content (AvgIpc) is 2.33. The summed E-state index contributed by atoms with van der Waals surface area (Å²) in [5.41, 5.74) is 0.772. The van der Waals surface area contributed by atoms with Crippen molar-refractivity contribution < 1.29 is 13.2 Å². The number of alkyl halides is 3. The maximum absolute atomic E-state index is 12.2. The van der Waals surface area contributed by atoms with Crippen LogP contribution in [-0.4, -0.2) is 58.9 Å². The molecule has 8 heteroatoms. The number of hydrogen-bond acceptors (Lipinski definition) is 4. The van der Waals surface area contributed by atoms with Crippen molar-refractivity contribution in [2.75, 3.05) is 32.7 Å². The molecule has 4 nitrogen and oxygen atoms in total. The van der Waals surface area contributed by atoms with Crippen LogP contribution in [-0.2, 0) is 6.54 Å². The second kappa shape index (κ2) is 6.02. The predicted octanol–water partition coefficient (Wildman–Crippen LogP) is 1.81. The third-order valence-corrected chi connectivity index (χ3v) is 3.14. The molecule has 0 saturated carbocycles. The molecule has 0 aliphatic carbocycles. The highest BCUT2D eigenvalue weighted by molar-refractivity contribution is 6.29. The minimum absolute atomic E-state index is 0.332. The number of piperazine rings is 1. The van der Waals surface area contributed by atoms with Crippen molar-refractivity contribution in [2.24, 2.45) is 0 Å². The van der Waals surface area contributed by atoms with E-state index in [0.717, 1.165) is 5.69 Å². The number of halogens is 4. The fourth-order valence-electron chi connectivity index (χ4n) is 2.02. The first-order valence-electron chi connectivity index (χ1n) is 5.92. The molecule has 1 fully saturated rings. The van der Waals surface area contributed by atoms with Gasteiger partial charge in [0.1, 0.15) is 0 Å². The van der Waals surface area contributed by atoms with E-state index in [1.54, 1.807) is 12.1 Å². The van der Waals surface area contributed by atoms with E-state index in [0.29, 0.717) is 37.9 Å². The fraction of sp³-hybridized carbons (Fsp3) is 0.636. The van der Waals surface area contributed by atoms with Gasteiger partial charge in [0.25, 0.3) is 0 Å². The molecule has 0 unspecified atom stereocenters. The summed E-state index contributed by atoms with van der Waals surface area (Å²) in [6.45, 7) is 1.79. The van der Waals surface area contributed by atoms with Crippen molar-refractivity contribution in [3.8, 4) is 0 Å². The molecule has 2 heterocycles. The number of nitrogens with zero attached hydrogens (tertiary/aromatic N) is 4. The normalized spacial score (nSPS) is 18.7. The summed E-state index contributed by atoms with van der Waals surface area (Å²) in [6, 6.07) is 3.43. The molecular formula is C11H14ClF3N4. The quantitative estimate of drug-likeness (QED) is 0.851. The minimum Gasteiger partial charge on any atom is -0.295 e. The van der Waals surface area contributed by atoms with Crippen LogP contribution in [0.15, 0.2) is 12.1 Å². The number of rotatable bonds is 3. The highest BCUT2D eigenvalue weighted by atomic mass is 35.5. The topological polar surface area (TPSA) is 32.3 Å². The zero-order chi connectivity index (χ0) is 13.9. The second-order valence-electron chi connectivity index (χ2n) is 4.51. The van der Waals surface area contributed by atoms with Crippen LogP contribution in [0.4, 0.5) is 13.2 Å². The van der Waals surface area contributed by atoms with Crippen molar-refractivity contribution in [3.63, 3.8) is 0 Å². The summed E-state index contributed by atoms with van der Waals surface area (Å²) in [6.07, 6.45) is -4.12. The Labute approximate surface area is 114 Å². The molecule has 1 aliphatic heterocycles. The van der Waals surface area contributed by atoms with Crippen LogP contribution in [0.2, 0.25) is 5.15 Å². The van der Waals surface area contributed by atoms with Gasteiger partial charge in [-0.05, 0) is 12.1 Å². The molecule has 1 aromatic heterocycles. The molecule has 0 spiro atoms. The molecule has 1 aromatic rings. The van der Waals surface area contributed by atoms with Gasteiger partial charge in [-0.15, -0.1) is 5.10 Å². The van der Waals surface area contributed by atoms with Gasteiger partial charge in [0.05, 0.1) is 12.2 Å². The van der Waals surface area contributed by atoms with Gasteiger partial charge in [-0.1, -0.05) is 11.6 Å². The SMILES string of the molecule is FC(F)(F)CN1CCN(Cc2ccc(Cl)nn2)CC1. The van der Waals surface area contributed by atoms with Crippen molar-refractivity contribution in [1.82, 2.24) is 20.0 Å². The minimum atomic E-state index is -4.12. The average molecular weight is 295 g/mol. The molecule has 0 atom stereocenters. The summed E-state index contributed by atoms with van der Waals surface area (Å²) in [5.74, 6) is 0. The van der Waals surface area contributed by atoms with E-state index in [1.165, 1.54) is 4.90 Å². The molecule has 1 saturated heterocycles. The van der Waals surface area contributed by atoms with E-state index < -0.39 is 12.7 Å². The number of hydrogen-bond donors (Lipinski definition) is 0. The zero-order valence-electron chi connectivity index (χ0n) is 10.2. The predicted molar refractivity (Wildman–Crippen MR) is 64.8 cm³/mol. The van der Waals surface area contributed by atoms with Crippen LogP contribution < -0.4 is 0 Å². The van der Waals surface area contributed by atoms with Gasteiger partial charge >= 0.3 is 6.18 Å². The Balaban J connectivity index is 1.79. The summed E-state index contributed by atoms with van der Waals surface area (Å²) in [7, 11) is 0. The van der Waals surface area contributed by atoms with Gasteiger partial charge in [-0.2, -0.15) is 18.3 Å². The van der Waals surface area contributed by atoms with Crippen molar-refractivity contribution in [1.29, 1.82) is 0 Å². The van der Waals surface area contributed by atoms with Gasteiger partial charge in [0, 0.05) is 32.7 Å². The standard InChI is InChI=1S/C11H14ClF3N4/c12-10-2-1-9(16-17-10)7-18-3-5-19(6-4-18)8-11(13,14)15/h1-2H,3-8H2. The lowest BCUT2D eigenvalue weighted by molar-refractivity contribution is -0.149. The van der Waals surface area contributed by atoms with Crippen molar-refractivity contribution >= 4 is 11.6 Å².